The van der Waals surface area contributed by atoms with Gasteiger partial charge in [0.2, 0.25) is 0 Å². The molecule has 1 N–H and O–H groups in total. The molecule has 1 fully saturated rings. The van der Waals surface area contributed by atoms with Crippen molar-refractivity contribution in [1.82, 2.24) is 5.32 Å². The molecule has 0 spiro atoms. The maximum atomic E-state index is 3.75. The molecule has 1 aromatic carbocycles. The van der Waals surface area contributed by atoms with Gasteiger partial charge in [-0.1, -0.05) is 64.3 Å². The van der Waals surface area contributed by atoms with E-state index in [1.807, 2.05) is 0 Å². The zero-order chi connectivity index (χ0) is 13.0. The maximum Gasteiger partial charge on any atom is 0.0211 e. The lowest BCUT2D eigenvalue weighted by molar-refractivity contribution is 0.371. The lowest BCUT2D eigenvalue weighted by Gasteiger charge is -2.26. The van der Waals surface area contributed by atoms with Crippen LogP contribution in [-0.4, -0.2) is 6.04 Å². The molecule has 1 nitrogen and oxygen atoms in total. The molecule has 0 bridgehead atoms. The maximum absolute atomic E-state index is 3.75. The lowest BCUT2D eigenvalue weighted by Crippen LogP contribution is -2.31. The Hall–Kier alpha value is -0.820. The minimum Gasteiger partial charge on any atom is -0.310 e. The highest BCUT2D eigenvalue weighted by atomic mass is 14.9. The average molecular weight is 245 g/mol. The van der Waals surface area contributed by atoms with Crippen LogP contribution in [0.4, 0.5) is 0 Å². The molecule has 0 unspecified atom stereocenters. The Kier molecular flexibility index (Phi) is 4.45. The molecule has 0 saturated heterocycles. The van der Waals surface area contributed by atoms with E-state index in [4.69, 9.17) is 0 Å². The van der Waals surface area contributed by atoms with E-state index in [0.717, 1.165) is 12.6 Å². The van der Waals surface area contributed by atoms with Crippen molar-refractivity contribution >= 4 is 0 Å². The van der Waals surface area contributed by atoms with Gasteiger partial charge in [-0.2, -0.15) is 0 Å². The van der Waals surface area contributed by atoms with Crippen LogP contribution in [0.25, 0.3) is 0 Å². The van der Waals surface area contributed by atoms with E-state index >= 15 is 0 Å². The highest BCUT2D eigenvalue weighted by molar-refractivity contribution is 5.32. The van der Waals surface area contributed by atoms with E-state index in [0.29, 0.717) is 0 Å². The molecular formula is C17H27N. The molecule has 1 aliphatic rings. The van der Waals surface area contributed by atoms with Gasteiger partial charge in [0, 0.05) is 12.6 Å². The molecule has 0 heterocycles. The number of hydrogen-bond acceptors (Lipinski definition) is 1. The van der Waals surface area contributed by atoms with Gasteiger partial charge < -0.3 is 5.32 Å². The van der Waals surface area contributed by atoms with E-state index in [1.54, 1.807) is 0 Å². The minimum atomic E-state index is 0.241. The zero-order valence-corrected chi connectivity index (χ0v) is 12.1. The Morgan fingerprint density at radius 2 is 1.72 bits per heavy atom. The van der Waals surface area contributed by atoms with Crippen molar-refractivity contribution in [1.29, 1.82) is 0 Å². The summed E-state index contributed by atoms with van der Waals surface area (Å²) in [7, 11) is 0. The van der Waals surface area contributed by atoms with Crippen LogP contribution in [0.3, 0.4) is 0 Å². The molecule has 0 amide bonds. The summed E-state index contributed by atoms with van der Waals surface area (Å²) in [5.74, 6) is 0. The standard InChI is InChI=1S/C17H27N/c1-17(2,3)16-12-8-7-9-14(16)13-18-15-10-5-4-6-11-15/h7-9,12,15,18H,4-6,10-11,13H2,1-3H3. The molecule has 18 heavy (non-hydrogen) atoms. The van der Waals surface area contributed by atoms with Gasteiger partial charge in [-0.15, -0.1) is 0 Å². The molecule has 0 aromatic heterocycles. The summed E-state index contributed by atoms with van der Waals surface area (Å²) in [6.45, 7) is 7.92. The van der Waals surface area contributed by atoms with E-state index < -0.39 is 0 Å². The molecule has 1 heteroatoms. The minimum absolute atomic E-state index is 0.241. The van der Waals surface area contributed by atoms with Crippen molar-refractivity contribution in [3.05, 3.63) is 35.4 Å². The molecule has 0 atom stereocenters. The highest BCUT2D eigenvalue weighted by Crippen LogP contribution is 2.26. The van der Waals surface area contributed by atoms with Gasteiger partial charge >= 0.3 is 0 Å². The fourth-order valence-electron chi connectivity index (χ4n) is 2.97. The van der Waals surface area contributed by atoms with Crippen LogP contribution in [0.15, 0.2) is 24.3 Å². The van der Waals surface area contributed by atoms with Crippen LogP contribution in [0.1, 0.15) is 64.0 Å². The number of rotatable bonds is 3. The first-order chi connectivity index (χ1) is 8.57. The molecule has 100 valence electrons. The van der Waals surface area contributed by atoms with Gasteiger partial charge in [0.05, 0.1) is 0 Å². The summed E-state index contributed by atoms with van der Waals surface area (Å²) in [4.78, 5) is 0. The Balaban J connectivity index is 2.00. The first-order valence-electron chi connectivity index (χ1n) is 7.39. The van der Waals surface area contributed by atoms with Crippen molar-refractivity contribution in [3.63, 3.8) is 0 Å². The van der Waals surface area contributed by atoms with Crippen molar-refractivity contribution in [2.75, 3.05) is 0 Å². The third-order valence-corrected chi connectivity index (χ3v) is 4.01. The Labute approximate surface area is 112 Å². The van der Waals surface area contributed by atoms with Crippen LogP contribution in [0, 0.1) is 0 Å². The largest absolute Gasteiger partial charge is 0.310 e. The van der Waals surface area contributed by atoms with Crippen molar-refractivity contribution in [2.45, 2.75) is 70.9 Å². The quantitative estimate of drug-likeness (QED) is 0.832. The Bertz CT molecular complexity index is 369. The van der Waals surface area contributed by atoms with Gasteiger partial charge in [-0.3, -0.25) is 0 Å². The van der Waals surface area contributed by atoms with Gasteiger partial charge in [-0.05, 0) is 29.4 Å². The van der Waals surface area contributed by atoms with Crippen molar-refractivity contribution in [2.24, 2.45) is 0 Å². The van der Waals surface area contributed by atoms with E-state index in [2.05, 4.69) is 50.4 Å². The predicted molar refractivity (Wildman–Crippen MR) is 78.9 cm³/mol. The van der Waals surface area contributed by atoms with Crippen LogP contribution >= 0.6 is 0 Å². The van der Waals surface area contributed by atoms with Crippen LogP contribution < -0.4 is 5.32 Å². The molecule has 0 radical (unpaired) electrons. The summed E-state index contributed by atoms with van der Waals surface area (Å²) in [6.07, 6.45) is 6.95. The van der Waals surface area contributed by atoms with Gasteiger partial charge in [-0.25, -0.2) is 0 Å². The zero-order valence-electron chi connectivity index (χ0n) is 12.1. The lowest BCUT2D eigenvalue weighted by atomic mass is 9.83. The van der Waals surface area contributed by atoms with Crippen molar-refractivity contribution in [3.8, 4) is 0 Å². The second-order valence-electron chi connectivity index (χ2n) is 6.62. The van der Waals surface area contributed by atoms with E-state index in [-0.39, 0.29) is 5.41 Å². The fraction of sp³-hybridized carbons (Fsp3) is 0.647. The number of hydrogen-bond donors (Lipinski definition) is 1. The highest BCUT2D eigenvalue weighted by Gasteiger charge is 2.18. The molecule has 1 aromatic rings. The monoisotopic (exact) mass is 245 g/mol. The summed E-state index contributed by atoms with van der Waals surface area (Å²) >= 11 is 0. The molecule has 2 rings (SSSR count). The van der Waals surface area contributed by atoms with E-state index in [9.17, 15) is 0 Å². The molecule has 0 aliphatic heterocycles. The predicted octanol–water partition coefficient (Wildman–Crippen LogP) is 4.41. The third-order valence-electron chi connectivity index (χ3n) is 4.01. The van der Waals surface area contributed by atoms with Crippen LogP contribution in [-0.2, 0) is 12.0 Å². The third kappa shape index (κ3) is 3.58. The van der Waals surface area contributed by atoms with Crippen molar-refractivity contribution < 1.29 is 0 Å². The summed E-state index contributed by atoms with van der Waals surface area (Å²) in [5.41, 5.74) is 3.19. The summed E-state index contributed by atoms with van der Waals surface area (Å²) in [5, 5.41) is 3.75. The number of benzene rings is 1. The SMILES string of the molecule is CC(C)(C)c1ccccc1CNC1CCCCC1. The van der Waals surface area contributed by atoms with Crippen LogP contribution in [0.2, 0.25) is 0 Å². The molecular weight excluding hydrogens is 218 g/mol. The molecule has 1 aliphatic carbocycles. The Morgan fingerprint density at radius 3 is 2.39 bits per heavy atom. The second kappa shape index (κ2) is 5.88. The second-order valence-corrected chi connectivity index (χ2v) is 6.62. The van der Waals surface area contributed by atoms with Gasteiger partial charge in [0.25, 0.3) is 0 Å². The topological polar surface area (TPSA) is 12.0 Å². The summed E-state index contributed by atoms with van der Waals surface area (Å²) in [6, 6.07) is 9.61. The first-order valence-corrected chi connectivity index (χ1v) is 7.39. The first kappa shape index (κ1) is 13.6. The number of nitrogens with one attached hydrogen (secondary N) is 1. The van der Waals surface area contributed by atoms with Crippen LogP contribution in [0.5, 0.6) is 0 Å². The van der Waals surface area contributed by atoms with Gasteiger partial charge in [0.15, 0.2) is 0 Å². The van der Waals surface area contributed by atoms with E-state index in [1.165, 1.54) is 43.2 Å². The Morgan fingerprint density at radius 1 is 1.06 bits per heavy atom. The fourth-order valence-corrected chi connectivity index (χ4v) is 2.97. The molecule has 1 saturated carbocycles. The summed E-state index contributed by atoms with van der Waals surface area (Å²) < 4.78 is 0. The van der Waals surface area contributed by atoms with Gasteiger partial charge in [0.1, 0.15) is 0 Å². The smallest absolute Gasteiger partial charge is 0.0211 e. The normalized spacial score (nSPS) is 17.9. The average Bonchev–Trinajstić information content (AvgIpc) is 2.37.